The maximum Gasteiger partial charge on any atom is 0.335 e. The highest BCUT2D eigenvalue weighted by molar-refractivity contribution is 8.00. The Morgan fingerprint density at radius 2 is 1.91 bits per heavy atom. The summed E-state index contributed by atoms with van der Waals surface area (Å²) < 4.78 is 15.3. The number of Topliss-reactive ketones (excluding diaryl/α,β-unsaturated/α-hetero) is 1. The highest BCUT2D eigenvalue weighted by Gasteiger charge is 2.56. The number of esters is 1. The number of hydrogen-bond acceptors (Lipinski definition) is 14. The van der Waals surface area contributed by atoms with Gasteiger partial charge in [-0.2, -0.15) is 21.1 Å². The zero-order valence-electron chi connectivity index (χ0n) is 24.9. The number of thioether (sulfide) groups is 1. The van der Waals surface area contributed by atoms with Crippen LogP contribution in [-0.4, -0.2) is 118 Å². The number of methoxy groups -OCH3 is 1. The number of oxime groups is 1. The lowest BCUT2D eigenvalue weighted by Gasteiger charge is -2.46. The van der Waals surface area contributed by atoms with E-state index in [0.717, 1.165) is 17.1 Å². The van der Waals surface area contributed by atoms with Crippen LogP contribution in [0.1, 0.15) is 11.4 Å². The van der Waals surface area contributed by atoms with Crippen molar-refractivity contribution in [2.24, 2.45) is 11.1 Å². The van der Waals surface area contributed by atoms with Gasteiger partial charge in [-0.1, -0.05) is 23.4 Å². The minimum absolute atomic E-state index is 0.00639. The number of amides is 1. The molecular weight excluding hydrogens is 624 g/mol. The number of nitrogen functional groups attached to an aromatic ring is 1. The number of hydrogen-bond donors (Lipinski definition) is 4. The molecule has 240 valence electrons. The van der Waals surface area contributed by atoms with Gasteiger partial charge in [0.05, 0.1) is 32.2 Å². The number of rotatable bonds is 11. The summed E-state index contributed by atoms with van der Waals surface area (Å²) in [5, 5.41) is 26.2. The van der Waals surface area contributed by atoms with Crippen molar-refractivity contribution in [3.8, 4) is 5.75 Å². The Labute approximate surface area is 267 Å². The topological polar surface area (TPSA) is 196 Å². The Bertz CT molecular complexity index is 1530. The fourth-order valence-corrected chi connectivity index (χ4v) is 7.60. The summed E-state index contributed by atoms with van der Waals surface area (Å²) in [7, 11) is 4.77. The SMILES string of the molecule is CO/N=C(\C(=O)N[C@@H]1C(=O)C2C(C(=O)OCc3ccc(OC)cc3)=C(/C=C/C[N+]3(C)C[C@H](O)[C@@H](O)C3)CS[C@@H]21)c1nsc(N)n1. The molecule has 5 N–H and O–H groups in total. The van der Waals surface area contributed by atoms with E-state index in [1.807, 2.05) is 19.2 Å². The number of nitrogens with two attached hydrogens (primary N) is 1. The lowest BCUT2D eigenvalue weighted by Crippen LogP contribution is -2.66. The molecule has 0 spiro atoms. The van der Waals surface area contributed by atoms with Gasteiger partial charge >= 0.3 is 5.97 Å². The summed E-state index contributed by atoms with van der Waals surface area (Å²) in [5.74, 6) is -1.43. The van der Waals surface area contributed by atoms with Gasteiger partial charge in [0.2, 0.25) is 11.5 Å². The smallest absolute Gasteiger partial charge is 0.335 e. The van der Waals surface area contributed by atoms with Gasteiger partial charge in [0, 0.05) is 22.5 Å². The number of nitrogens with zero attached hydrogens (tertiary/aromatic N) is 4. The largest absolute Gasteiger partial charge is 0.497 e. The number of nitrogens with one attached hydrogen (secondary N) is 1. The molecule has 14 nitrogen and oxygen atoms in total. The van der Waals surface area contributed by atoms with Gasteiger partial charge < -0.3 is 40.1 Å². The van der Waals surface area contributed by atoms with E-state index >= 15 is 0 Å². The molecule has 45 heavy (non-hydrogen) atoms. The zero-order chi connectivity index (χ0) is 32.3. The van der Waals surface area contributed by atoms with Crippen molar-refractivity contribution in [1.29, 1.82) is 0 Å². The lowest BCUT2D eigenvalue weighted by molar-refractivity contribution is -0.894. The number of fused-ring (bicyclic) bond motifs is 1. The molecule has 1 unspecified atom stereocenters. The fraction of sp³-hybridized carbons (Fsp3) is 0.448. The summed E-state index contributed by atoms with van der Waals surface area (Å²) >= 11 is 2.34. The molecule has 1 amide bonds. The van der Waals surface area contributed by atoms with E-state index in [2.05, 4.69) is 19.8 Å². The second kappa shape index (κ2) is 13.7. The first-order chi connectivity index (χ1) is 21.5. The van der Waals surface area contributed by atoms with Gasteiger partial charge in [-0.3, -0.25) is 9.59 Å². The van der Waals surface area contributed by atoms with Gasteiger partial charge in [-0.25, -0.2) is 4.79 Å². The number of carbonyl (C=O) groups excluding carboxylic acids is 3. The van der Waals surface area contributed by atoms with E-state index in [1.165, 1.54) is 18.9 Å². The Morgan fingerprint density at radius 3 is 2.53 bits per heavy atom. The summed E-state index contributed by atoms with van der Waals surface area (Å²) in [4.78, 5) is 49.1. The molecule has 0 radical (unpaired) electrons. The van der Waals surface area contributed by atoms with Crippen LogP contribution in [0.3, 0.4) is 0 Å². The first kappa shape index (κ1) is 32.6. The minimum atomic E-state index is -0.891. The van der Waals surface area contributed by atoms with E-state index in [-0.39, 0.29) is 34.6 Å². The second-order valence-corrected chi connectivity index (χ2v) is 13.2. The average Bonchev–Trinajstić information content (AvgIpc) is 3.57. The monoisotopic (exact) mass is 659 g/mol. The first-order valence-corrected chi connectivity index (χ1v) is 15.9. The number of aliphatic hydroxyl groups excluding tert-OH is 2. The van der Waals surface area contributed by atoms with E-state index in [1.54, 1.807) is 31.4 Å². The molecule has 1 saturated carbocycles. The standard InChI is InChI=1S/C29H34N6O8S2/c1-35(11-18(36)19(37)12-35)10-4-5-16-14-44-25-21(20(16)28(40)43-13-15-6-8-17(41-2)9-7-15)24(38)22(25)31-27(39)23(33-42-3)26-32-29(30)45-34-26/h4-9,18-19,21-22,25,36-37H,10-14H2,1-3H3,(H2-,30,31,32,34,39)/p+1/b5-4+,33-23-/t18-,19-,21?,22+,25-/m0/s1. The van der Waals surface area contributed by atoms with Crippen LogP contribution >= 0.6 is 23.3 Å². The number of allylic oxidation sites excluding steroid dienone is 1. The Hall–Kier alpha value is -3.83. The van der Waals surface area contributed by atoms with Crippen LogP contribution in [0.4, 0.5) is 5.13 Å². The molecule has 5 rings (SSSR count). The molecule has 3 aliphatic rings. The van der Waals surface area contributed by atoms with Gasteiger partial charge in [-0.05, 0) is 29.3 Å². The molecule has 1 aliphatic carbocycles. The Kier molecular flexibility index (Phi) is 9.88. The number of carbonyl (C=O) groups is 3. The van der Waals surface area contributed by atoms with Crippen molar-refractivity contribution in [2.75, 3.05) is 52.4 Å². The highest BCUT2D eigenvalue weighted by Crippen LogP contribution is 2.46. The molecule has 3 heterocycles. The maximum absolute atomic E-state index is 13.6. The summed E-state index contributed by atoms with van der Waals surface area (Å²) in [5.41, 5.74) is 7.08. The normalized spacial score (nSPS) is 25.9. The number of ether oxygens (including phenoxy) is 2. The number of likely N-dealkylation sites (tertiary alicyclic amines) is 1. The van der Waals surface area contributed by atoms with E-state index < -0.39 is 41.3 Å². The number of anilines is 1. The number of aromatic nitrogens is 2. The van der Waals surface area contributed by atoms with Crippen LogP contribution < -0.4 is 15.8 Å². The van der Waals surface area contributed by atoms with Gasteiger partial charge in [0.25, 0.3) is 5.91 Å². The molecule has 1 aromatic heterocycles. The minimum Gasteiger partial charge on any atom is -0.497 e. The molecule has 2 fully saturated rings. The van der Waals surface area contributed by atoms with Crippen LogP contribution in [0.25, 0.3) is 0 Å². The predicted molar refractivity (Wildman–Crippen MR) is 166 cm³/mol. The predicted octanol–water partition coefficient (Wildman–Crippen LogP) is 0.0567. The Morgan fingerprint density at radius 1 is 1.20 bits per heavy atom. The van der Waals surface area contributed by atoms with E-state index in [0.29, 0.717) is 41.2 Å². The summed E-state index contributed by atoms with van der Waals surface area (Å²) in [6, 6.07) is 6.21. The van der Waals surface area contributed by atoms with Crippen molar-refractivity contribution in [2.45, 2.75) is 30.1 Å². The van der Waals surface area contributed by atoms with Crippen molar-refractivity contribution < 1.29 is 43.4 Å². The van der Waals surface area contributed by atoms with Crippen molar-refractivity contribution >= 4 is 51.8 Å². The van der Waals surface area contributed by atoms with E-state index in [9.17, 15) is 24.6 Å². The molecule has 2 aliphatic heterocycles. The fourth-order valence-electron chi connectivity index (χ4n) is 5.69. The van der Waals surface area contributed by atoms with Crippen LogP contribution in [0.2, 0.25) is 0 Å². The molecule has 1 aromatic carbocycles. The van der Waals surface area contributed by atoms with Gasteiger partial charge in [-0.15, -0.1) is 0 Å². The van der Waals surface area contributed by atoms with Crippen LogP contribution in [0.5, 0.6) is 5.75 Å². The molecule has 1 saturated heterocycles. The third-order valence-corrected chi connectivity index (χ3v) is 9.96. The highest BCUT2D eigenvalue weighted by atomic mass is 32.2. The third kappa shape index (κ3) is 7.04. The van der Waals surface area contributed by atoms with Crippen molar-refractivity contribution in [3.05, 3.63) is 59.0 Å². The van der Waals surface area contributed by atoms with Gasteiger partial charge in [0.1, 0.15) is 50.8 Å². The average molecular weight is 660 g/mol. The number of benzene rings is 1. The number of ketones is 1. The number of aliphatic hydroxyl groups is 2. The molecule has 5 atom stereocenters. The van der Waals surface area contributed by atoms with Crippen LogP contribution in [0, 0.1) is 5.92 Å². The van der Waals surface area contributed by atoms with Crippen LogP contribution in [0.15, 0.2) is 52.7 Å². The van der Waals surface area contributed by atoms with Gasteiger partial charge in [0.15, 0.2) is 10.9 Å². The molecule has 2 aromatic rings. The summed E-state index contributed by atoms with van der Waals surface area (Å²) in [6.45, 7) is 1.30. The third-order valence-electron chi connectivity index (χ3n) is 8.01. The quantitative estimate of drug-likeness (QED) is 0.110. The maximum atomic E-state index is 13.6. The Balaban J connectivity index is 1.35. The van der Waals surface area contributed by atoms with E-state index in [4.69, 9.17) is 20.0 Å². The van der Waals surface area contributed by atoms with Crippen LogP contribution in [-0.2, 0) is 30.6 Å². The lowest BCUT2D eigenvalue weighted by atomic mass is 9.71. The number of likely N-dealkylation sites (N-methyl/N-ethyl adjacent to an activating group) is 1. The molecule has 0 bridgehead atoms. The van der Waals surface area contributed by atoms with Crippen molar-refractivity contribution in [3.63, 3.8) is 0 Å². The second-order valence-electron chi connectivity index (χ2n) is 11.3. The first-order valence-electron chi connectivity index (χ1n) is 14.1. The van der Waals surface area contributed by atoms with Crippen molar-refractivity contribution in [1.82, 2.24) is 14.7 Å². The number of quaternary nitrogens is 1. The molecule has 16 heteroatoms. The zero-order valence-corrected chi connectivity index (χ0v) is 26.5. The summed E-state index contributed by atoms with van der Waals surface area (Å²) in [6.07, 6.45) is 2.11. The molecular formula is C29H35N6O8S2+.